The van der Waals surface area contributed by atoms with Crippen molar-refractivity contribution in [2.75, 3.05) is 6.67 Å². The van der Waals surface area contributed by atoms with Crippen molar-refractivity contribution in [1.29, 1.82) is 0 Å². The Bertz CT molecular complexity index is 735. The quantitative estimate of drug-likeness (QED) is 0.522. The molecule has 1 saturated carbocycles. The van der Waals surface area contributed by atoms with Gasteiger partial charge in [-0.15, -0.1) is 0 Å². The van der Waals surface area contributed by atoms with Crippen molar-refractivity contribution in [2.24, 2.45) is 4.99 Å². The van der Waals surface area contributed by atoms with E-state index in [2.05, 4.69) is 22.2 Å². The number of halogens is 1. The third kappa shape index (κ3) is 4.97. The van der Waals surface area contributed by atoms with E-state index in [-0.39, 0.29) is 30.4 Å². The van der Waals surface area contributed by atoms with Crippen LogP contribution >= 0.6 is 0 Å². The Labute approximate surface area is 165 Å². The van der Waals surface area contributed by atoms with Crippen LogP contribution in [0.2, 0.25) is 0 Å². The summed E-state index contributed by atoms with van der Waals surface area (Å²) in [5.74, 6) is -0.587. The normalized spacial score (nSPS) is 26.3. The van der Waals surface area contributed by atoms with Gasteiger partial charge in [0.1, 0.15) is 18.2 Å². The second-order valence-electron chi connectivity index (χ2n) is 7.26. The zero-order valence-electron chi connectivity index (χ0n) is 15.9. The van der Waals surface area contributed by atoms with Crippen LogP contribution in [-0.2, 0) is 9.59 Å². The van der Waals surface area contributed by atoms with Crippen LogP contribution in [0.5, 0.6) is 0 Å². The Morgan fingerprint density at radius 1 is 1.43 bits per heavy atom. The number of piperazine rings is 1. The molecule has 3 rings (SSSR count). The first-order valence-electron chi connectivity index (χ1n) is 9.82. The highest BCUT2D eigenvalue weighted by Crippen LogP contribution is 2.24. The topological polar surface area (TPSA) is 73.8 Å². The number of hydrogen-bond acceptors (Lipinski definition) is 4. The van der Waals surface area contributed by atoms with E-state index in [9.17, 15) is 14.0 Å². The van der Waals surface area contributed by atoms with Crippen LogP contribution in [-0.4, -0.2) is 47.7 Å². The number of carbonyl (C=O) groups excluding carboxylic acids is 2. The van der Waals surface area contributed by atoms with Crippen LogP contribution in [0.1, 0.15) is 38.5 Å². The summed E-state index contributed by atoms with van der Waals surface area (Å²) in [6, 6.07) is -0.339. The van der Waals surface area contributed by atoms with Gasteiger partial charge in [0.05, 0.1) is 12.1 Å². The summed E-state index contributed by atoms with van der Waals surface area (Å²) in [6.45, 7) is 3.73. The number of carbonyl (C=O) groups is 2. The molecule has 0 bridgehead atoms. The summed E-state index contributed by atoms with van der Waals surface area (Å²) < 4.78 is 13.7. The minimum Gasteiger partial charge on any atom is -0.372 e. The predicted octanol–water partition coefficient (Wildman–Crippen LogP) is 2.52. The van der Waals surface area contributed by atoms with Gasteiger partial charge in [0.15, 0.2) is 0 Å². The van der Waals surface area contributed by atoms with Crippen LogP contribution in [0, 0.1) is 0 Å². The molecule has 7 heteroatoms. The number of amides is 2. The SMILES string of the molecule is C=C/C=C1\NC2C=CC(F)=CC2N(CN=CCCC(=O)NC2CCCC2)C1=O. The van der Waals surface area contributed by atoms with Crippen molar-refractivity contribution >= 4 is 18.0 Å². The molecule has 2 amide bonds. The maximum absolute atomic E-state index is 13.7. The maximum atomic E-state index is 13.7. The molecule has 6 nitrogen and oxygen atoms in total. The lowest BCUT2D eigenvalue weighted by Crippen LogP contribution is -2.58. The lowest BCUT2D eigenvalue weighted by atomic mass is 9.97. The van der Waals surface area contributed by atoms with E-state index in [1.54, 1.807) is 18.4 Å². The van der Waals surface area contributed by atoms with Gasteiger partial charge >= 0.3 is 0 Å². The van der Waals surface area contributed by atoms with E-state index >= 15 is 0 Å². The van der Waals surface area contributed by atoms with Crippen molar-refractivity contribution in [3.63, 3.8) is 0 Å². The van der Waals surface area contributed by atoms with Crippen molar-refractivity contribution in [3.8, 4) is 0 Å². The summed E-state index contributed by atoms with van der Waals surface area (Å²) in [5, 5.41) is 6.14. The summed E-state index contributed by atoms with van der Waals surface area (Å²) in [6.07, 6.45) is 14.7. The maximum Gasteiger partial charge on any atom is 0.272 e. The summed E-state index contributed by atoms with van der Waals surface area (Å²) in [5.41, 5.74) is 0.405. The van der Waals surface area contributed by atoms with Crippen molar-refractivity contribution in [3.05, 3.63) is 48.5 Å². The molecule has 2 unspecified atom stereocenters. The van der Waals surface area contributed by atoms with Gasteiger partial charge in [-0.1, -0.05) is 31.6 Å². The molecular formula is C21H27FN4O2. The summed E-state index contributed by atoms with van der Waals surface area (Å²) in [7, 11) is 0. The van der Waals surface area contributed by atoms with E-state index in [1.165, 1.54) is 36.0 Å². The smallest absolute Gasteiger partial charge is 0.272 e. The highest BCUT2D eigenvalue weighted by Gasteiger charge is 2.37. The van der Waals surface area contributed by atoms with Crippen molar-refractivity contribution in [2.45, 2.75) is 56.7 Å². The van der Waals surface area contributed by atoms with Gasteiger partial charge in [0, 0.05) is 18.7 Å². The molecule has 3 aliphatic rings. The Morgan fingerprint density at radius 3 is 2.96 bits per heavy atom. The van der Waals surface area contributed by atoms with E-state index in [1.807, 2.05) is 0 Å². The first-order chi connectivity index (χ1) is 13.6. The van der Waals surface area contributed by atoms with Crippen LogP contribution in [0.3, 0.4) is 0 Å². The van der Waals surface area contributed by atoms with Crippen LogP contribution in [0.15, 0.2) is 53.5 Å². The molecule has 1 aliphatic heterocycles. The monoisotopic (exact) mass is 386 g/mol. The zero-order valence-corrected chi connectivity index (χ0v) is 15.9. The standard InChI is InChI=1S/C21H27FN4O2/c1-2-6-18-21(28)26(19-13-15(22)10-11-17(19)25-18)14-23-12-5-9-20(27)24-16-7-3-4-8-16/h2,6,10-13,16-17,19,25H,1,3-5,7-9,14H2,(H,24,27)/b18-6-,23-12?. The van der Waals surface area contributed by atoms with Crippen molar-refractivity contribution in [1.82, 2.24) is 15.5 Å². The lowest BCUT2D eigenvalue weighted by molar-refractivity contribution is -0.131. The second-order valence-corrected chi connectivity index (χ2v) is 7.26. The van der Waals surface area contributed by atoms with Crippen LogP contribution in [0.4, 0.5) is 4.39 Å². The molecule has 2 N–H and O–H groups in total. The molecule has 0 aromatic carbocycles. The Balaban J connectivity index is 1.54. The molecule has 0 aromatic rings. The van der Waals surface area contributed by atoms with Crippen LogP contribution < -0.4 is 10.6 Å². The molecule has 28 heavy (non-hydrogen) atoms. The van der Waals surface area contributed by atoms with Gasteiger partial charge in [0.2, 0.25) is 5.91 Å². The Morgan fingerprint density at radius 2 is 2.21 bits per heavy atom. The first kappa shape index (κ1) is 20.0. The number of hydrogen-bond donors (Lipinski definition) is 2. The zero-order chi connectivity index (χ0) is 19.9. The lowest BCUT2D eigenvalue weighted by Gasteiger charge is -2.40. The van der Waals surface area contributed by atoms with E-state index in [4.69, 9.17) is 0 Å². The fraction of sp³-hybridized carbons (Fsp3) is 0.476. The summed E-state index contributed by atoms with van der Waals surface area (Å²) in [4.78, 5) is 30.4. The number of nitrogens with zero attached hydrogens (tertiary/aromatic N) is 2. The molecule has 2 atom stereocenters. The fourth-order valence-corrected chi connectivity index (χ4v) is 3.78. The molecule has 1 heterocycles. The summed E-state index contributed by atoms with van der Waals surface area (Å²) >= 11 is 0. The number of nitrogens with one attached hydrogen (secondary N) is 2. The van der Waals surface area contributed by atoms with Gasteiger partial charge in [0.25, 0.3) is 5.91 Å². The van der Waals surface area contributed by atoms with Gasteiger partial charge in [-0.25, -0.2) is 4.39 Å². The molecule has 150 valence electrons. The van der Waals surface area contributed by atoms with Gasteiger partial charge < -0.3 is 15.5 Å². The molecule has 0 aromatic heterocycles. The molecule has 0 radical (unpaired) electrons. The number of fused-ring (bicyclic) bond motifs is 1. The average Bonchev–Trinajstić information content (AvgIpc) is 3.17. The Kier molecular flexibility index (Phi) is 6.79. The van der Waals surface area contributed by atoms with Crippen molar-refractivity contribution < 1.29 is 14.0 Å². The highest BCUT2D eigenvalue weighted by molar-refractivity contribution is 5.95. The first-order valence-corrected chi connectivity index (χ1v) is 9.82. The molecule has 2 fully saturated rings. The van der Waals surface area contributed by atoms with E-state index in [0.717, 1.165) is 12.8 Å². The van der Waals surface area contributed by atoms with Gasteiger partial charge in [-0.05, 0) is 37.5 Å². The van der Waals surface area contributed by atoms with E-state index in [0.29, 0.717) is 24.6 Å². The third-order valence-corrected chi connectivity index (χ3v) is 5.20. The minimum absolute atomic E-state index is 0.0373. The predicted molar refractivity (Wildman–Crippen MR) is 107 cm³/mol. The molecular weight excluding hydrogens is 359 g/mol. The fourth-order valence-electron chi connectivity index (χ4n) is 3.78. The highest BCUT2D eigenvalue weighted by atomic mass is 19.1. The van der Waals surface area contributed by atoms with Gasteiger partial charge in [-0.2, -0.15) is 0 Å². The molecule has 2 aliphatic carbocycles. The van der Waals surface area contributed by atoms with Crippen LogP contribution in [0.25, 0.3) is 0 Å². The number of rotatable bonds is 7. The minimum atomic E-state index is -0.442. The second kappa shape index (κ2) is 9.48. The Hall–Kier alpha value is -2.70. The third-order valence-electron chi connectivity index (χ3n) is 5.20. The molecule has 1 saturated heterocycles. The number of aliphatic imine (C=N–C) groups is 1. The van der Waals surface area contributed by atoms with E-state index < -0.39 is 6.04 Å². The van der Waals surface area contributed by atoms with Gasteiger partial charge in [-0.3, -0.25) is 14.6 Å². The number of allylic oxidation sites excluding steroid dienone is 4. The largest absolute Gasteiger partial charge is 0.372 e. The molecule has 0 spiro atoms. The average molecular weight is 386 g/mol.